The van der Waals surface area contributed by atoms with Crippen LogP contribution in [0, 0.1) is 6.92 Å². The van der Waals surface area contributed by atoms with Gasteiger partial charge in [0.25, 0.3) is 0 Å². The predicted octanol–water partition coefficient (Wildman–Crippen LogP) is 1.82. The van der Waals surface area contributed by atoms with Gasteiger partial charge < -0.3 is 10.2 Å². The lowest BCUT2D eigenvalue weighted by Gasteiger charge is -2.21. The van der Waals surface area contributed by atoms with Crippen molar-refractivity contribution in [2.45, 2.75) is 26.2 Å². The van der Waals surface area contributed by atoms with Crippen LogP contribution in [0.3, 0.4) is 0 Å². The highest BCUT2D eigenvalue weighted by Gasteiger charge is 2.21. The Morgan fingerprint density at radius 2 is 2.09 bits per heavy atom. The zero-order valence-electron chi connectivity index (χ0n) is 7.35. The summed E-state index contributed by atoms with van der Waals surface area (Å²) in [5.41, 5.74) is 8.05. The molecular weight excluding hydrogens is 138 g/mol. The zero-order valence-corrected chi connectivity index (χ0v) is 7.35. The summed E-state index contributed by atoms with van der Waals surface area (Å²) in [4.78, 5) is 0. The summed E-state index contributed by atoms with van der Waals surface area (Å²) in [5, 5.41) is 0. The maximum atomic E-state index is 5.62. The molecule has 1 aromatic heterocycles. The van der Waals surface area contributed by atoms with Crippen molar-refractivity contribution in [2.24, 2.45) is 5.73 Å². The average molecular weight is 153 g/mol. The third-order valence-electron chi connectivity index (χ3n) is 2.09. The Balaban J connectivity index is 3.00. The Bertz CT molecular complexity index is 237. The topological polar surface area (TPSA) is 39.2 Å². The molecule has 1 heterocycles. The summed E-state index contributed by atoms with van der Waals surface area (Å²) >= 11 is 0. The molecule has 0 bridgehead atoms. The molecule has 1 rings (SSSR count). The number of aryl methyl sites for hydroxylation is 1. The molecule has 0 saturated carbocycles. The first-order valence-electron chi connectivity index (χ1n) is 3.81. The molecule has 0 unspecified atom stereocenters. The average Bonchev–Trinajstić information content (AvgIpc) is 2.36. The van der Waals surface area contributed by atoms with Crippen LogP contribution in [0.25, 0.3) is 0 Å². The molecular formula is C9H15NO. The lowest BCUT2D eigenvalue weighted by Crippen LogP contribution is -2.28. The van der Waals surface area contributed by atoms with Crippen molar-refractivity contribution in [3.05, 3.63) is 23.7 Å². The molecule has 0 radical (unpaired) electrons. The second-order valence-electron chi connectivity index (χ2n) is 3.56. The minimum Gasteiger partial charge on any atom is -0.472 e. The molecule has 2 heteroatoms. The number of furan rings is 1. The summed E-state index contributed by atoms with van der Waals surface area (Å²) in [6.45, 7) is 6.92. The Morgan fingerprint density at radius 3 is 2.45 bits per heavy atom. The van der Waals surface area contributed by atoms with E-state index >= 15 is 0 Å². The lowest BCUT2D eigenvalue weighted by molar-refractivity contribution is 0.513. The van der Waals surface area contributed by atoms with Gasteiger partial charge in [-0.15, -0.1) is 0 Å². The fraction of sp³-hybridized carbons (Fsp3) is 0.556. The van der Waals surface area contributed by atoms with Crippen LogP contribution in [0.1, 0.15) is 25.0 Å². The van der Waals surface area contributed by atoms with Gasteiger partial charge in [0.1, 0.15) is 0 Å². The molecule has 1 aromatic rings. The van der Waals surface area contributed by atoms with Crippen LogP contribution in [-0.2, 0) is 5.41 Å². The Morgan fingerprint density at radius 1 is 1.45 bits per heavy atom. The van der Waals surface area contributed by atoms with Gasteiger partial charge in [-0.2, -0.15) is 0 Å². The summed E-state index contributed by atoms with van der Waals surface area (Å²) in [5.74, 6) is 0. The first-order chi connectivity index (χ1) is 5.08. The Hall–Kier alpha value is -0.760. The van der Waals surface area contributed by atoms with Crippen molar-refractivity contribution in [1.29, 1.82) is 0 Å². The van der Waals surface area contributed by atoms with Crippen LogP contribution in [0.15, 0.2) is 16.9 Å². The molecule has 0 aliphatic rings. The van der Waals surface area contributed by atoms with Crippen molar-refractivity contribution in [1.82, 2.24) is 0 Å². The molecule has 0 spiro atoms. The van der Waals surface area contributed by atoms with Crippen LogP contribution < -0.4 is 5.73 Å². The smallest absolute Gasteiger partial charge is 0.0943 e. The summed E-state index contributed by atoms with van der Waals surface area (Å²) in [6.07, 6.45) is 3.54. The van der Waals surface area contributed by atoms with Gasteiger partial charge in [-0.3, -0.25) is 0 Å². The third kappa shape index (κ3) is 1.46. The lowest BCUT2D eigenvalue weighted by atomic mass is 9.85. The van der Waals surface area contributed by atoms with Crippen molar-refractivity contribution in [2.75, 3.05) is 6.54 Å². The molecule has 11 heavy (non-hydrogen) atoms. The molecule has 0 fully saturated rings. The van der Waals surface area contributed by atoms with E-state index in [0.29, 0.717) is 6.54 Å². The number of hydrogen-bond donors (Lipinski definition) is 1. The van der Waals surface area contributed by atoms with E-state index in [-0.39, 0.29) is 5.41 Å². The SMILES string of the molecule is Cc1cocc1C(C)(C)CN. The number of hydrogen-bond acceptors (Lipinski definition) is 2. The standard InChI is InChI=1S/C9H15NO/c1-7-4-11-5-8(7)9(2,3)6-10/h4-5H,6,10H2,1-3H3. The largest absolute Gasteiger partial charge is 0.472 e. The van der Waals surface area contributed by atoms with Crippen LogP contribution >= 0.6 is 0 Å². The van der Waals surface area contributed by atoms with E-state index in [4.69, 9.17) is 10.2 Å². The normalized spacial score (nSPS) is 12.0. The first-order valence-corrected chi connectivity index (χ1v) is 3.81. The van der Waals surface area contributed by atoms with Gasteiger partial charge in [0.15, 0.2) is 0 Å². The van der Waals surface area contributed by atoms with Gasteiger partial charge in [0.05, 0.1) is 12.5 Å². The minimum absolute atomic E-state index is 0.0388. The summed E-state index contributed by atoms with van der Waals surface area (Å²) < 4.78 is 5.08. The van der Waals surface area contributed by atoms with Crippen LogP contribution in [0.5, 0.6) is 0 Å². The highest BCUT2D eigenvalue weighted by atomic mass is 16.3. The number of nitrogens with two attached hydrogens (primary N) is 1. The van der Waals surface area contributed by atoms with E-state index in [1.807, 2.05) is 6.92 Å². The van der Waals surface area contributed by atoms with Gasteiger partial charge in [-0.05, 0) is 12.5 Å². The highest BCUT2D eigenvalue weighted by molar-refractivity contribution is 5.27. The third-order valence-corrected chi connectivity index (χ3v) is 2.09. The maximum absolute atomic E-state index is 5.62. The fourth-order valence-corrected chi connectivity index (χ4v) is 1.16. The number of rotatable bonds is 2. The van der Waals surface area contributed by atoms with Crippen LogP contribution in [0.2, 0.25) is 0 Å². The van der Waals surface area contributed by atoms with E-state index in [0.717, 1.165) is 0 Å². The van der Waals surface area contributed by atoms with Crippen molar-refractivity contribution >= 4 is 0 Å². The van der Waals surface area contributed by atoms with Gasteiger partial charge in [-0.1, -0.05) is 13.8 Å². The van der Waals surface area contributed by atoms with Crippen LogP contribution in [0.4, 0.5) is 0 Å². The molecule has 2 N–H and O–H groups in total. The Kier molecular flexibility index (Phi) is 2.05. The zero-order chi connectivity index (χ0) is 8.48. The van der Waals surface area contributed by atoms with Gasteiger partial charge >= 0.3 is 0 Å². The van der Waals surface area contributed by atoms with Crippen LogP contribution in [-0.4, -0.2) is 6.54 Å². The maximum Gasteiger partial charge on any atom is 0.0943 e. The fourth-order valence-electron chi connectivity index (χ4n) is 1.16. The van der Waals surface area contributed by atoms with E-state index in [9.17, 15) is 0 Å². The van der Waals surface area contributed by atoms with Crippen molar-refractivity contribution in [3.63, 3.8) is 0 Å². The Labute approximate surface area is 67.4 Å². The molecule has 0 atom stereocenters. The molecule has 0 aliphatic heterocycles. The highest BCUT2D eigenvalue weighted by Crippen LogP contribution is 2.25. The molecule has 0 saturated heterocycles. The van der Waals surface area contributed by atoms with Crippen molar-refractivity contribution in [3.8, 4) is 0 Å². The molecule has 0 aromatic carbocycles. The van der Waals surface area contributed by atoms with Gasteiger partial charge in [0.2, 0.25) is 0 Å². The van der Waals surface area contributed by atoms with E-state index in [1.54, 1.807) is 12.5 Å². The van der Waals surface area contributed by atoms with E-state index in [2.05, 4.69) is 13.8 Å². The van der Waals surface area contributed by atoms with Gasteiger partial charge in [0, 0.05) is 17.5 Å². The summed E-state index contributed by atoms with van der Waals surface area (Å²) in [6, 6.07) is 0. The quantitative estimate of drug-likeness (QED) is 0.704. The van der Waals surface area contributed by atoms with E-state index < -0.39 is 0 Å². The summed E-state index contributed by atoms with van der Waals surface area (Å²) in [7, 11) is 0. The monoisotopic (exact) mass is 153 g/mol. The molecule has 0 aliphatic carbocycles. The molecule has 2 nitrogen and oxygen atoms in total. The van der Waals surface area contributed by atoms with Gasteiger partial charge in [-0.25, -0.2) is 0 Å². The second-order valence-corrected chi connectivity index (χ2v) is 3.56. The van der Waals surface area contributed by atoms with E-state index in [1.165, 1.54) is 11.1 Å². The van der Waals surface area contributed by atoms with Crippen molar-refractivity contribution < 1.29 is 4.42 Å². The molecule has 0 amide bonds. The molecule has 62 valence electrons. The predicted molar refractivity (Wildman–Crippen MR) is 45.5 cm³/mol. The first kappa shape index (κ1) is 8.34. The second kappa shape index (κ2) is 2.70. The minimum atomic E-state index is 0.0388.